The first-order valence-corrected chi connectivity index (χ1v) is 6.78. The van der Waals surface area contributed by atoms with Gasteiger partial charge in [-0.05, 0) is 51.3 Å². The van der Waals surface area contributed by atoms with Crippen LogP contribution in [-0.4, -0.2) is 24.6 Å². The summed E-state index contributed by atoms with van der Waals surface area (Å²) in [6.45, 7) is 9.47. The minimum absolute atomic E-state index is 0.168. The minimum atomic E-state index is -0.867. The molecule has 0 N–H and O–H groups in total. The Morgan fingerprint density at radius 1 is 1.15 bits per heavy atom. The molecule has 0 saturated carbocycles. The molecule has 0 radical (unpaired) electrons. The molecular weight excluding hydrogens is 256 g/mol. The molecule has 1 unspecified atom stereocenters. The molecule has 0 heterocycles. The predicted octanol–water partition coefficient (Wildman–Crippen LogP) is 2.65. The van der Waals surface area contributed by atoms with Crippen LogP contribution >= 0.6 is 0 Å². The quantitative estimate of drug-likeness (QED) is 0.777. The van der Waals surface area contributed by atoms with Crippen LogP contribution in [0.3, 0.4) is 0 Å². The standard InChI is InChI=1S/C16H22O4/c1-6-19-16(18)13(5)20-15(17)9-14-11(3)7-10(2)8-12(14)4/h7-8,13H,6,9H2,1-5H3. The van der Waals surface area contributed by atoms with Crippen molar-refractivity contribution in [1.82, 2.24) is 0 Å². The number of hydrogen-bond acceptors (Lipinski definition) is 4. The molecule has 0 bridgehead atoms. The van der Waals surface area contributed by atoms with E-state index in [1.54, 1.807) is 6.92 Å². The summed E-state index contributed by atoms with van der Waals surface area (Å²) in [7, 11) is 0. The smallest absolute Gasteiger partial charge is 0.347 e. The van der Waals surface area contributed by atoms with Crippen LogP contribution in [0.1, 0.15) is 36.1 Å². The SMILES string of the molecule is CCOC(=O)C(C)OC(=O)Cc1c(C)cc(C)cc1C. The van der Waals surface area contributed by atoms with Gasteiger partial charge in [0.25, 0.3) is 0 Å². The Morgan fingerprint density at radius 2 is 1.70 bits per heavy atom. The Labute approximate surface area is 120 Å². The van der Waals surface area contributed by atoms with E-state index < -0.39 is 18.0 Å². The van der Waals surface area contributed by atoms with Gasteiger partial charge < -0.3 is 9.47 Å². The Hall–Kier alpha value is -1.84. The van der Waals surface area contributed by atoms with Crippen molar-refractivity contribution in [3.8, 4) is 0 Å². The summed E-state index contributed by atoms with van der Waals surface area (Å²) in [4.78, 5) is 23.3. The van der Waals surface area contributed by atoms with Crippen molar-refractivity contribution in [1.29, 1.82) is 0 Å². The Bertz CT molecular complexity index is 482. The fourth-order valence-corrected chi connectivity index (χ4v) is 2.18. The molecule has 0 amide bonds. The molecule has 1 aromatic rings. The second-order valence-corrected chi connectivity index (χ2v) is 4.94. The highest BCUT2D eigenvalue weighted by atomic mass is 16.6. The first-order chi connectivity index (χ1) is 9.35. The van der Waals surface area contributed by atoms with Gasteiger partial charge in [-0.15, -0.1) is 0 Å². The van der Waals surface area contributed by atoms with Gasteiger partial charge >= 0.3 is 11.9 Å². The van der Waals surface area contributed by atoms with Gasteiger partial charge in [0.15, 0.2) is 6.10 Å². The van der Waals surface area contributed by atoms with E-state index in [1.807, 2.05) is 32.9 Å². The molecule has 0 saturated heterocycles. The molecule has 0 aromatic heterocycles. The summed E-state index contributed by atoms with van der Waals surface area (Å²) in [5.74, 6) is -0.932. The van der Waals surface area contributed by atoms with Crippen LogP contribution in [0.2, 0.25) is 0 Å². The fourth-order valence-electron chi connectivity index (χ4n) is 2.18. The summed E-state index contributed by atoms with van der Waals surface area (Å²) in [6.07, 6.45) is -0.699. The van der Waals surface area contributed by atoms with E-state index in [-0.39, 0.29) is 13.0 Å². The number of carbonyl (C=O) groups excluding carboxylic acids is 2. The van der Waals surface area contributed by atoms with Crippen LogP contribution in [0.4, 0.5) is 0 Å². The van der Waals surface area contributed by atoms with Crippen LogP contribution < -0.4 is 0 Å². The van der Waals surface area contributed by atoms with E-state index in [2.05, 4.69) is 0 Å². The maximum atomic E-state index is 11.9. The monoisotopic (exact) mass is 278 g/mol. The van der Waals surface area contributed by atoms with Crippen molar-refractivity contribution < 1.29 is 19.1 Å². The zero-order chi connectivity index (χ0) is 15.3. The van der Waals surface area contributed by atoms with Gasteiger partial charge in [0, 0.05) is 0 Å². The van der Waals surface area contributed by atoms with Crippen molar-refractivity contribution >= 4 is 11.9 Å². The van der Waals surface area contributed by atoms with Gasteiger partial charge in [-0.1, -0.05) is 17.7 Å². The average molecular weight is 278 g/mol. The first-order valence-electron chi connectivity index (χ1n) is 6.78. The van der Waals surface area contributed by atoms with E-state index >= 15 is 0 Å². The van der Waals surface area contributed by atoms with E-state index in [9.17, 15) is 9.59 Å². The minimum Gasteiger partial charge on any atom is -0.463 e. The number of carbonyl (C=O) groups is 2. The summed E-state index contributed by atoms with van der Waals surface area (Å²) in [6, 6.07) is 4.06. The normalized spacial score (nSPS) is 11.8. The largest absolute Gasteiger partial charge is 0.463 e. The van der Waals surface area contributed by atoms with Crippen LogP contribution in [0.25, 0.3) is 0 Å². The van der Waals surface area contributed by atoms with Gasteiger partial charge in [-0.25, -0.2) is 4.79 Å². The van der Waals surface area contributed by atoms with E-state index in [0.717, 1.165) is 22.3 Å². The van der Waals surface area contributed by atoms with E-state index in [1.165, 1.54) is 6.92 Å². The molecule has 4 nitrogen and oxygen atoms in total. The zero-order valence-electron chi connectivity index (χ0n) is 12.8. The molecule has 110 valence electrons. The predicted molar refractivity (Wildman–Crippen MR) is 76.5 cm³/mol. The molecule has 0 spiro atoms. The van der Waals surface area contributed by atoms with Gasteiger partial charge in [0.05, 0.1) is 13.0 Å². The third-order valence-electron chi connectivity index (χ3n) is 3.09. The number of rotatable bonds is 5. The van der Waals surface area contributed by atoms with Crippen LogP contribution in [0.15, 0.2) is 12.1 Å². The highest BCUT2D eigenvalue weighted by Gasteiger charge is 2.19. The average Bonchev–Trinajstić information content (AvgIpc) is 2.34. The molecule has 0 aliphatic rings. The van der Waals surface area contributed by atoms with Crippen LogP contribution in [0.5, 0.6) is 0 Å². The summed E-state index contributed by atoms with van der Waals surface area (Å²) >= 11 is 0. The van der Waals surface area contributed by atoms with Gasteiger partial charge in [0.1, 0.15) is 0 Å². The molecule has 1 rings (SSSR count). The van der Waals surface area contributed by atoms with E-state index in [0.29, 0.717) is 0 Å². The van der Waals surface area contributed by atoms with Crippen molar-refractivity contribution in [2.24, 2.45) is 0 Å². The number of benzene rings is 1. The third-order valence-corrected chi connectivity index (χ3v) is 3.09. The second kappa shape index (κ2) is 7.08. The topological polar surface area (TPSA) is 52.6 Å². The molecule has 0 aliphatic carbocycles. The van der Waals surface area contributed by atoms with Gasteiger partial charge in [0.2, 0.25) is 0 Å². The Morgan fingerprint density at radius 3 is 2.20 bits per heavy atom. The highest BCUT2D eigenvalue weighted by molar-refractivity contribution is 5.80. The summed E-state index contributed by atoms with van der Waals surface area (Å²) in [5.41, 5.74) is 4.24. The van der Waals surface area contributed by atoms with E-state index in [4.69, 9.17) is 9.47 Å². The maximum absolute atomic E-state index is 11.9. The third kappa shape index (κ3) is 4.37. The molecule has 0 aliphatic heterocycles. The van der Waals surface area contributed by atoms with Crippen LogP contribution in [-0.2, 0) is 25.5 Å². The lowest BCUT2D eigenvalue weighted by Crippen LogP contribution is -2.27. The van der Waals surface area contributed by atoms with Crippen molar-refractivity contribution in [3.63, 3.8) is 0 Å². The van der Waals surface area contributed by atoms with Crippen molar-refractivity contribution in [2.75, 3.05) is 6.61 Å². The molecule has 20 heavy (non-hydrogen) atoms. The first kappa shape index (κ1) is 16.2. The van der Waals surface area contributed by atoms with Crippen molar-refractivity contribution in [2.45, 2.75) is 47.1 Å². The molecule has 4 heteroatoms. The lowest BCUT2D eigenvalue weighted by atomic mass is 9.97. The lowest BCUT2D eigenvalue weighted by Gasteiger charge is -2.14. The molecule has 1 aromatic carbocycles. The summed E-state index contributed by atoms with van der Waals surface area (Å²) in [5, 5.41) is 0. The lowest BCUT2D eigenvalue weighted by molar-refractivity contribution is -0.165. The zero-order valence-corrected chi connectivity index (χ0v) is 12.8. The summed E-state index contributed by atoms with van der Waals surface area (Å²) < 4.78 is 9.90. The fraction of sp³-hybridized carbons (Fsp3) is 0.500. The number of hydrogen-bond donors (Lipinski definition) is 0. The molecule has 0 fully saturated rings. The molecular formula is C16H22O4. The Kier molecular flexibility index (Phi) is 5.74. The number of aryl methyl sites for hydroxylation is 3. The highest BCUT2D eigenvalue weighted by Crippen LogP contribution is 2.17. The van der Waals surface area contributed by atoms with Crippen LogP contribution in [0, 0.1) is 20.8 Å². The molecule has 1 atom stereocenters. The maximum Gasteiger partial charge on any atom is 0.347 e. The number of ether oxygens (including phenoxy) is 2. The Balaban J connectivity index is 2.70. The second-order valence-electron chi connectivity index (χ2n) is 4.94. The van der Waals surface area contributed by atoms with Gasteiger partial charge in [-0.2, -0.15) is 0 Å². The van der Waals surface area contributed by atoms with Gasteiger partial charge in [-0.3, -0.25) is 4.79 Å². The van der Waals surface area contributed by atoms with Crippen molar-refractivity contribution in [3.05, 3.63) is 34.4 Å². The number of esters is 2.